The first kappa shape index (κ1) is 21.2. The van der Waals surface area contributed by atoms with E-state index in [9.17, 15) is 9.59 Å². The Balaban J connectivity index is 1.76. The van der Waals surface area contributed by atoms with Crippen LogP contribution < -0.4 is 25.2 Å². The number of quaternary nitrogens is 2. The third kappa shape index (κ3) is 6.84. The fourth-order valence-corrected chi connectivity index (χ4v) is 3.39. The van der Waals surface area contributed by atoms with Crippen LogP contribution in [0.3, 0.4) is 0 Å². The largest absolute Gasteiger partial charge is 0.496 e. The van der Waals surface area contributed by atoms with Crippen molar-refractivity contribution >= 4 is 11.9 Å². The molecule has 1 heterocycles. The van der Waals surface area contributed by atoms with Gasteiger partial charge in [0.25, 0.3) is 5.91 Å². The number of ether oxygens (including phenoxy) is 1. The lowest BCUT2D eigenvalue weighted by Gasteiger charge is -2.29. The summed E-state index contributed by atoms with van der Waals surface area (Å²) in [5.41, 5.74) is 2.47. The number of methoxy groups -OCH3 is 1. The number of aryl methyl sites for hydroxylation is 1. The second-order valence-corrected chi connectivity index (χ2v) is 7.50. The first-order chi connectivity index (χ1) is 12.9. The number of piperazine rings is 1. The Labute approximate surface area is 162 Å². The van der Waals surface area contributed by atoms with Gasteiger partial charge in [-0.1, -0.05) is 18.6 Å². The summed E-state index contributed by atoms with van der Waals surface area (Å²) in [5, 5.41) is 5.18. The zero-order valence-electron chi connectivity index (χ0n) is 17.0. The molecule has 1 aliphatic heterocycles. The molecule has 3 amide bonds. The van der Waals surface area contributed by atoms with E-state index in [1.165, 1.54) is 20.9 Å². The molecule has 0 aromatic heterocycles. The number of hydrogen-bond acceptors (Lipinski definition) is 3. The molecule has 2 rings (SSSR count). The maximum atomic E-state index is 12.1. The highest BCUT2D eigenvalue weighted by molar-refractivity contribution is 5.94. The molecular formula is C20H34N4O3+2. The van der Waals surface area contributed by atoms with Crippen molar-refractivity contribution in [2.45, 2.75) is 39.8 Å². The Kier molecular flexibility index (Phi) is 8.06. The van der Waals surface area contributed by atoms with E-state index in [0.717, 1.165) is 44.9 Å². The number of urea groups is 1. The molecule has 150 valence electrons. The molecule has 1 atom stereocenters. The van der Waals surface area contributed by atoms with Crippen LogP contribution in [0.5, 0.6) is 5.75 Å². The summed E-state index contributed by atoms with van der Waals surface area (Å²) in [6.45, 7) is 11.1. The predicted octanol–water partition coefficient (Wildman–Crippen LogP) is -1.09. The number of imide groups is 1. The number of amides is 3. The van der Waals surface area contributed by atoms with Gasteiger partial charge in [-0.3, -0.25) is 10.1 Å². The molecule has 0 spiro atoms. The Morgan fingerprint density at radius 1 is 1.19 bits per heavy atom. The molecule has 0 radical (unpaired) electrons. The fraction of sp³-hybridized carbons (Fsp3) is 0.600. The minimum absolute atomic E-state index is 0.0657. The fourth-order valence-electron chi connectivity index (χ4n) is 3.39. The van der Waals surface area contributed by atoms with E-state index in [-0.39, 0.29) is 11.9 Å². The van der Waals surface area contributed by atoms with Crippen LogP contribution in [-0.2, 0) is 11.3 Å². The van der Waals surface area contributed by atoms with Crippen LogP contribution in [0, 0.1) is 6.92 Å². The first-order valence-corrected chi connectivity index (χ1v) is 9.82. The molecule has 7 nitrogen and oxygen atoms in total. The summed E-state index contributed by atoms with van der Waals surface area (Å²) in [7, 11) is 1.71. The van der Waals surface area contributed by atoms with Gasteiger partial charge in [-0.05, 0) is 32.4 Å². The van der Waals surface area contributed by atoms with Crippen LogP contribution in [0.1, 0.15) is 31.4 Å². The smallest absolute Gasteiger partial charge is 0.321 e. The number of nitrogens with one attached hydrogen (secondary N) is 4. The van der Waals surface area contributed by atoms with Gasteiger partial charge in [-0.15, -0.1) is 0 Å². The summed E-state index contributed by atoms with van der Waals surface area (Å²) < 4.78 is 5.48. The van der Waals surface area contributed by atoms with Crippen molar-refractivity contribution in [1.29, 1.82) is 0 Å². The number of rotatable bonds is 7. The van der Waals surface area contributed by atoms with E-state index in [2.05, 4.69) is 29.7 Å². The lowest BCUT2D eigenvalue weighted by Crippen LogP contribution is -3.28. The van der Waals surface area contributed by atoms with E-state index in [4.69, 9.17) is 4.74 Å². The zero-order chi connectivity index (χ0) is 19.8. The highest BCUT2D eigenvalue weighted by Gasteiger charge is 2.26. The molecule has 1 aliphatic rings. The van der Waals surface area contributed by atoms with E-state index in [1.807, 2.05) is 19.9 Å². The van der Waals surface area contributed by atoms with Crippen molar-refractivity contribution < 1.29 is 24.1 Å². The maximum Gasteiger partial charge on any atom is 0.321 e. The Bertz CT molecular complexity index is 642. The van der Waals surface area contributed by atoms with Gasteiger partial charge in [-0.25, -0.2) is 4.79 Å². The maximum absolute atomic E-state index is 12.1. The Morgan fingerprint density at radius 3 is 2.48 bits per heavy atom. The van der Waals surface area contributed by atoms with Gasteiger partial charge in [-0.2, -0.15) is 0 Å². The normalized spacial score (nSPS) is 20.6. The molecule has 1 fully saturated rings. The van der Waals surface area contributed by atoms with E-state index < -0.39 is 6.03 Å². The van der Waals surface area contributed by atoms with Crippen LogP contribution in [-0.4, -0.2) is 57.8 Å². The SMILES string of the molecule is CC[C@H](C)NC(=O)NC(=O)C[NH+]1CC[NH+](Cc2cc(C)ccc2OC)CC1. The summed E-state index contributed by atoms with van der Waals surface area (Å²) in [4.78, 5) is 26.5. The van der Waals surface area contributed by atoms with Crippen molar-refractivity contribution in [1.82, 2.24) is 10.6 Å². The number of carbonyl (C=O) groups is 2. The molecule has 0 unspecified atom stereocenters. The van der Waals surface area contributed by atoms with Crippen molar-refractivity contribution in [3.05, 3.63) is 29.3 Å². The molecular weight excluding hydrogens is 344 g/mol. The minimum atomic E-state index is -0.399. The molecule has 27 heavy (non-hydrogen) atoms. The highest BCUT2D eigenvalue weighted by atomic mass is 16.5. The van der Waals surface area contributed by atoms with Gasteiger partial charge in [0.2, 0.25) is 0 Å². The second kappa shape index (κ2) is 10.3. The van der Waals surface area contributed by atoms with Crippen LogP contribution >= 0.6 is 0 Å². The standard InChI is InChI=1S/C20H32N4O3/c1-5-16(3)21-20(26)22-19(25)14-24-10-8-23(9-11-24)13-17-12-15(2)6-7-18(17)27-4/h6-7,12,16H,5,8-11,13-14H2,1-4H3,(H2,21,22,25,26)/p+2/t16-/m0/s1. The molecule has 0 bridgehead atoms. The van der Waals surface area contributed by atoms with Gasteiger partial charge in [0, 0.05) is 11.6 Å². The van der Waals surface area contributed by atoms with Crippen LogP contribution in [0.4, 0.5) is 4.79 Å². The minimum Gasteiger partial charge on any atom is -0.496 e. The molecule has 1 saturated heterocycles. The third-order valence-electron chi connectivity index (χ3n) is 5.19. The topological polar surface area (TPSA) is 76.3 Å². The average Bonchev–Trinajstić information content (AvgIpc) is 2.63. The lowest BCUT2D eigenvalue weighted by atomic mass is 10.1. The van der Waals surface area contributed by atoms with Crippen molar-refractivity contribution in [3.63, 3.8) is 0 Å². The molecule has 7 heteroatoms. The molecule has 4 N–H and O–H groups in total. The van der Waals surface area contributed by atoms with Crippen molar-refractivity contribution in [2.24, 2.45) is 0 Å². The summed E-state index contributed by atoms with van der Waals surface area (Å²) >= 11 is 0. The number of benzene rings is 1. The monoisotopic (exact) mass is 378 g/mol. The highest BCUT2D eigenvalue weighted by Crippen LogP contribution is 2.18. The molecule has 0 saturated carbocycles. The molecule has 1 aromatic carbocycles. The van der Waals surface area contributed by atoms with Crippen LogP contribution in [0.25, 0.3) is 0 Å². The van der Waals surface area contributed by atoms with Crippen LogP contribution in [0.2, 0.25) is 0 Å². The van der Waals surface area contributed by atoms with E-state index in [1.54, 1.807) is 7.11 Å². The zero-order valence-corrected chi connectivity index (χ0v) is 17.0. The van der Waals surface area contributed by atoms with E-state index in [0.29, 0.717) is 6.54 Å². The quantitative estimate of drug-likeness (QED) is 0.487. The number of carbonyl (C=O) groups excluding carboxylic acids is 2. The van der Waals surface area contributed by atoms with Crippen molar-refractivity contribution in [3.8, 4) is 5.75 Å². The Hall–Kier alpha value is -2.12. The molecule has 0 aliphatic carbocycles. The summed E-state index contributed by atoms with van der Waals surface area (Å²) in [6, 6.07) is 5.95. The van der Waals surface area contributed by atoms with Gasteiger partial charge in [0.15, 0.2) is 6.54 Å². The Morgan fingerprint density at radius 2 is 1.85 bits per heavy atom. The molecule has 1 aromatic rings. The van der Waals surface area contributed by atoms with Gasteiger partial charge in [0.1, 0.15) is 38.5 Å². The summed E-state index contributed by atoms with van der Waals surface area (Å²) in [5.74, 6) is 0.726. The number of hydrogen-bond donors (Lipinski definition) is 4. The van der Waals surface area contributed by atoms with Crippen LogP contribution in [0.15, 0.2) is 18.2 Å². The lowest BCUT2D eigenvalue weighted by molar-refractivity contribution is -1.02. The predicted molar refractivity (Wildman–Crippen MR) is 104 cm³/mol. The second-order valence-electron chi connectivity index (χ2n) is 7.50. The summed E-state index contributed by atoms with van der Waals surface area (Å²) in [6.07, 6.45) is 0.837. The van der Waals surface area contributed by atoms with Gasteiger partial charge < -0.3 is 19.9 Å². The van der Waals surface area contributed by atoms with E-state index >= 15 is 0 Å². The van der Waals surface area contributed by atoms with Gasteiger partial charge >= 0.3 is 6.03 Å². The average molecular weight is 379 g/mol. The van der Waals surface area contributed by atoms with Gasteiger partial charge in [0.05, 0.1) is 7.11 Å². The first-order valence-electron chi connectivity index (χ1n) is 9.82. The third-order valence-corrected chi connectivity index (χ3v) is 5.19. The van der Waals surface area contributed by atoms with Crippen molar-refractivity contribution in [2.75, 3.05) is 39.8 Å².